The van der Waals surface area contributed by atoms with Gasteiger partial charge in [-0.15, -0.1) is 0 Å². The molecule has 0 aliphatic heterocycles. The van der Waals surface area contributed by atoms with Gasteiger partial charge in [0.15, 0.2) is 11.6 Å². The molecule has 0 amide bonds. The first-order valence-corrected chi connectivity index (χ1v) is 6.37. The van der Waals surface area contributed by atoms with E-state index in [1.807, 2.05) is 22.6 Å². The van der Waals surface area contributed by atoms with Gasteiger partial charge in [0.1, 0.15) is 11.4 Å². The average molecular weight is 391 g/mol. The second kappa shape index (κ2) is 5.57. The number of hydrogen-bond acceptors (Lipinski definition) is 4. The van der Waals surface area contributed by atoms with Gasteiger partial charge in [0.25, 0.3) is 0 Å². The molecule has 0 atom stereocenters. The summed E-state index contributed by atoms with van der Waals surface area (Å²) in [5.41, 5.74) is 4.37. The number of carbonyl (C=O) groups is 1. The molecule has 0 aliphatic rings. The number of carboxylic acids is 1. The molecule has 1 aromatic heterocycles. The van der Waals surface area contributed by atoms with Crippen LogP contribution in [0, 0.1) is 15.2 Å². The molecule has 0 fully saturated rings. The van der Waals surface area contributed by atoms with E-state index in [0.29, 0.717) is 3.57 Å². The van der Waals surface area contributed by atoms with Crippen molar-refractivity contribution >= 4 is 45.8 Å². The summed E-state index contributed by atoms with van der Waals surface area (Å²) in [6.45, 7) is 0. The topological polar surface area (TPSA) is 88.2 Å². The lowest BCUT2D eigenvalue weighted by Crippen LogP contribution is -2.09. The van der Waals surface area contributed by atoms with Crippen molar-refractivity contribution in [3.8, 4) is 0 Å². The van der Waals surface area contributed by atoms with E-state index in [1.165, 1.54) is 12.1 Å². The Kier molecular flexibility index (Phi) is 4.02. The molecule has 5 nitrogen and oxygen atoms in total. The van der Waals surface area contributed by atoms with E-state index >= 15 is 0 Å². The van der Waals surface area contributed by atoms with Crippen LogP contribution in [0.1, 0.15) is 10.4 Å². The molecule has 1 heterocycles. The van der Waals surface area contributed by atoms with Crippen molar-refractivity contribution in [2.24, 2.45) is 0 Å². The van der Waals surface area contributed by atoms with E-state index in [2.05, 4.69) is 10.3 Å². The lowest BCUT2D eigenvalue weighted by molar-refractivity contribution is 0.0697. The van der Waals surface area contributed by atoms with Gasteiger partial charge in [-0.05, 0) is 40.8 Å². The van der Waals surface area contributed by atoms with E-state index < -0.39 is 34.7 Å². The maximum Gasteiger partial charge on any atom is 0.339 e. The fourth-order valence-electron chi connectivity index (χ4n) is 1.51. The third-order valence-electron chi connectivity index (χ3n) is 2.47. The molecule has 0 aliphatic carbocycles. The lowest BCUT2D eigenvalue weighted by Gasteiger charge is -2.12. The SMILES string of the molecule is Nc1ncc(C(=O)O)c(Nc2ccc(I)cc2F)c1F. The third kappa shape index (κ3) is 2.79. The zero-order valence-electron chi connectivity index (χ0n) is 9.82. The van der Waals surface area contributed by atoms with Gasteiger partial charge in [-0.1, -0.05) is 0 Å². The first kappa shape index (κ1) is 14.4. The number of carboxylic acid groups (broad SMARTS) is 1. The van der Waals surface area contributed by atoms with Crippen LogP contribution in [0.4, 0.5) is 26.0 Å². The van der Waals surface area contributed by atoms with E-state index in [-0.39, 0.29) is 5.69 Å². The molecular formula is C12H8F2IN3O2. The summed E-state index contributed by atoms with van der Waals surface area (Å²) in [4.78, 5) is 14.5. The predicted molar refractivity (Wildman–Crippen MR) is 78.0 cm³/mol. The first-order valence-electron chi connectivity index (χ1n) is 5.29. The van der Waals surface area contributed by atoms with Crippen LogP contribution < -0.4 is 11.1 Å². The number of halogens is 3. The van der Waals surface area contributed by atoms with E-state index in [9.17, 15) is 13.6 Å². The van der Waals surface area contributed by atoms with Crippen LogP contribution in [0.15, 0.2) is 24.4 Å². The second-order valence-electron chi connectivity index (χ2n) is 3.80. The molecule has 0 unspecified atom stereocenters. The molecule has 2 aromatic rings. The summed E-state index contributed by atoms with van der Waals surface area (Å²) >= 11 is 1.92. The summed E-state index contributed by atoms with van der Waals surface area (Å²) in [5.74, 6) is -3.54. The number of aromatic nitrogens is 1. The summed E-state index contributed by atoms with van der Waals surface area (Å²) in [6, 6.07) is 4.19. The number of nitrogens with zero attached hydrogens (tertiary/aromatic N) is 1. The van der Waals surface area contributed by atoms with Gasteiger partial charge in [-0.3, -0.25) is 0 Å². The monoisotopic (exact) mass is 391 g/mol. The number of nitrogen functional groups attached to an aromatic ring is 1. The van der Waals surface area contributed by atoms with Crippen molar-refractivity contribution < 1.29 is 18.7 Å². The minimum Gasteiger partial charge on any atom is -0.478 e. The number of benzene rings is 1. The van der Waals surface area contributed by atoms with Gasteiger partial charge >= 0.3 is 5.97 Å². The van der Waals surface area contributed by atoms with Crippen molar-refractivity contribution in [1.29, 1.82) is 0 Å². The highest BCUT2D eigenvalue weighted by molar-refractivity contribution is 14.1. The Balaban J connectivity index is 2.52. The Morgan fingerprint density at radius 1 is 1.40 bits per heavy atom. The van der Waals surface area contributed by atoms with E-state index in [0.717, 1.165) is 6.20 Å². The first-order chi connectivity index (χ1) is 9.40. The van der Waals surface area contributed by atoms with Gasteiger partial charge in [0, 0.05) is 9.77 Å². The fraction of sp³-hybridized carbons (Fsp3) is 0. The zero-order valence-corrected chi connectivity index (χ0v) is 12.0. The fourth-order valence-corrected chi connectivity index (χ4v) is 1.96. The normalized spacial score (nSPS) is 10.3. The van der Waals surface area contributed by atoms with Crippen molar-refractivity contribution in [3.63, 3.8) is 0 Å². The molecule has 8 heteroatoms. The third-order valence-corrected chi connectivity index (χ3v) is 3.14. The predicted octanol–water partition coefficient (Wildman–Crippen LogP) is 2.99. The highest BCUT2D eigenvalue weighted by Crippen LogP contribution is 2.28. The molecular weight excluding hydrogens is 383 g/mol. The standard InChI is InChI=1S/C12H8F2IN3O2/c13-7-3-5(15)1-2-8(7)18-10-6(12(19)20)4-17-11(16)9(10)14/h1-4H,(H,19,20)(H3,16,17,18). The Bertz CT molecular complexity index is 695. The molecule has 2 rings (SSSR count). The van der Waals surface area contributed by atoms with Gasteiger partial charge in [0.05, 0.1) is 11.4 Å². The van der Waals surface area contributed by atoms with Crippen molar-refractivity contribution in [2.45, 2.75) is 0 Å². The zero-order chi connectivity index (χ0) is 14.9. The van der Waals surface area contributed by atoms with Crippen LogP contribution >= 0.6 is 22.6 Å². The highest BCUT2D eigenvalue weighted by atomic mass is 127. The molecule has 0 saturated heterocycles. The molecule has 104 valence electrons. The Labute approximate surface area is 126 Å². The number of hydrogen-bond donors (Lipinski definition) is 3. The lowest BCUT2D eigenvalue weighted by atomic mass is 10.2. The maximum atomic E-state index is 13.9. The quantitative estimate of drug-likeness (QED) is 0.701. The highest BCUT2D eigenvalue weighted by Gasteiger charge is 2.19. The summed E-state index contributed by atoms with van der Waals surface area (Å²) in [5, 5.41) is 11.4. The largest absolute Gasteiger partial charge is 0.478 e. The average Bonchev–Trinajstić information content (AvgIpc) is 2.37. The van der Waals surface area contributed by atoms with Crippen LogP contribution in [-0.2, 0) is 0 Å². The molecule has 4 N–H and O–H groups in total. The number of rotatable bonds is 3. The van der Waals surface area contributed by atoms with Gasteiger partial charge in [-0.2, -0.15) is 0 Å². The van der Waals surface area contributed by atoms with Crippen LogP contribution in [-0.4, -0.2) is 16.1 Å². The summed E-state index contributed by atoms with van der Waals surface area (Å²) in [6.07, 6.45) is 0.910. The Morgan fingerprint density at radius 2 is 2.10 bits per heavy atom. The van der Waals surface area contributed by atoms with Gasteiger partial charge in [-0.25, -0.2) is 18.6 Å². The van der Waals surface area contributed by atoms with E-state index in [1.54, 1.807) is 6.07 Å². The van der Waals surface area contributed by atoms with Crippen molar-refractivity contribution in [1.82, 2.24) is 4.98 Å². The molecule has 0 bridgehead atoms. The minimum atomic E-state index is -1.40. The van der Waals surface area contributed by atoms with Crippen molar-refractivity contribution in [2.75, 3.05) is 11.1 Å². The minimum absolute atomic E-state index is 0.0579. The van der Waals surface area contributed by atoms with Crippen molar-refractivity contribution in [3.05, 3.63) is 45.2 Å². The van der Waals surface area contributed by atoms with Crippen LogP contribution in [0.5, 0.6) is 0 Å². The number of nitrogens with one attached hydrogen (secondary N) is 1. The molecule has 1 aromatic carbocycles. The molecule has 0 radical (unpaired) electrons. The summed E-state index contributed by atoms with van der Waals surface area (Å²) in [7, 11) is 0. The second-order valence-corrected chi connectivity index (χ2v) is 5.05. The Hall–Kier alpha value is -1.97. The molecule has 0 spiro atoms. The number of anilines is 3. The number of aromatic carboxylic acids is 1. The summed E-state index contributed by atoms with van der Waals surface area (Å²) < 4.78 is 28.3. The van der Waals surface area contributed by atoms with Crippen LogP contribution in [0.2, 0.25) is 0 Å². The number of nitrogens with two attached hydrogens (primary N) is 1. The van der Waals surface area contributed by atoms with E-state index in [4.69, 9.17) is 10.8 Å². The van der Waals surface area contributed by atoms with Gasteiger partial charge in [0.2, 0.25) is 0 Å². The maximum absolute atomic E-state index is 13.9. The Morgan fingerprint density at radius 3 is 2.70 bits per heavy atom. The van der Waals surface area contributed by atoms with Gasteiger partial charge < -0.3 is 16.2 Å². The molecule has 0 saturated carbocycles. The van der Waals surface area contributed by atoms with Crippen LogP contribution in [0.25, 0.3) is 0 Å². The smallest absolute Gasteiger partial charge is 0.339 e. The van der Waals surface area contributed by atoms with Crippen LogP contribution in [0.3, 0.4) is 0 Å². The number of pyridine rings is 1. The molecule has 20 heavy (non-hydrogen) atoms.